The fraction of sp³-hybridized carbons (Fsp3) is 0.455. The van der Waals surface area contributed by atoms with Gasteiger partial charge in [0.1, 0.15) is 0 Å². The van der Waals surface area contributed by atoms with Crippen molar-refractivity contribution in [2.24, 2.45) is 0 Å². The number of hydrogen-bond donors (Lipinski definition) is 2. The molecule has 0 saturated carbocycles. The first-order chi connectivity index (χ1) is 7.33. The highest BCUT2D eigenvalue weighted by atomic mass is 16.1. The first kappa shape index (κ1) is 11.7. The van der Waals surface area contributed by atoms with Crippen LogP contribution in [0.5, 0.6) is 0 Å². The average Bonchev–Trinajstić information content (AvgIpc) is 2.28. The zero-order chi connectivity index (χ0) is 10.9. The maximum atomic E-state index is 11.2. The monoisotopic (exact) mass is 207 g/mol. The van der Waals surface area contributed by atoms with Gasteiger partial charge in [0.25, 0.3) is 0 Å². The van der Waals surface area contributed by atoms with Gasteiger partial charge in [-0.1, -0.05) is 13.0 Å². The van der Waals surface area contributed by atoms with E-state index in [1.54, 1.807) is 12.4 Å². The number of aromatic nitrogens is 1. The van der Waals surface area contributed by atoms with Gasteiger partial charge in [-0.15, -0.1) is 0 Å². The maximum Gasteiger partial charge on any atom is 0.233 e. The molecule has 1 aromatic rings. The molecule has 1 aromatic heterocycles. The molecule has 0 spiro atoms. The van der Waals surface area contributed by atoms with Crippen LogP contribution in [0.1, 0.15) is 18.9 Å². The lowest BCUT2D eigenvalue weighted by atomic mass is 10.3. The molecule has 2 N–H and O–H groups in total. The molecular weight excluding hydrogens is 190 g/mol. The van der Waals surface area contributed by atoms with Gasteiger partial charge in [-0.05, 0) is 18.1 Å². The highest BCUT2D eigenvalue weighted by Gasteiger charge is 1.98. The summed E-state index contributed by atoms with van der Waals surface area (Å²) in [5, 5.41) is 5.86. The normalized spacial score (nSPS) is 9.93. The number of carbonyl (C=O) groups excluding carboxylic acids is 1. The molecule has 1 rings (SSSR count). The fourth-order valence-corrected chi connectivity index (χ4v) is 1.15. The molecule has 0 aromatic carbocycles. The van der Waals surface area contributed by atoms with Crippen LogP contribution < -0.4 is 10.6 Å². The Balaban J connectivity index is 2.14. The molecule has 0 aliphatic heterocycles. The first-order valence-corrected chi connectivity index (χ1v) is 5.19. The van der Waals surface area contributed by atoms with Crippen LogP contribution in [0.15, 0.2) is 24.5 Å². The van der Waals surface area contributed by atoms with Crippen molar-refractivity contribution in [3.8, 4) is 0 Å². The molecule has 0 saturated heterocycles. The predicted octanol–water partition coefficient (Wildman–Crippen LogP) is 0.697. The second kappa shape index (κ2) is 6.95. The summed E-state index contributed by atoms with van der Waals surface area (Å²) >= 11 is 0. The van der Waals surface area contributed by atoms with Crippen molar-refractivity contribution < 1.29 is 4.79 Å². The smallest absolute Gasteiger partial charge is 0.233 e. The molecule has 4 heteroatoms. The molecule has 0 atom stereocenters. The van der Waals surface area contributed by atoms with E-state index < -0.39 is 0 Å². The van der Waals surface area contributed by atoms with Gasteiger partial charge in [-0.25, -0.2) is 0 Å². The zero-order valence-electron chi connectivity index (χ0n) is 8.99. The van der Waals surface area contributed by atoms with E-state index in [1.165, 1.54) is 0 Å². The number of rotatable bonds is 6. The van der Waals surface area contributed by atoms with Crippen molar-refractivity contribution in [3.05, 3.63) is 30.1 Å². The number of nitrogens with one attached hydrogen (secondary N) is 2. The van der Waals surface area contributed by atoms with Crippen LogP contribution in [0.25, 0.3) is 0 Å². The minimum Gasteiger partial charge on any atom is -0.355 e. The van der Waals surface area contributed by atoms with E-state index in [2.05, 4.69) is 15.6 Å². The molecule has 4 nitrogen and oxygen atoms in total. The van der Waals surface area contributed by atoms with Gasteiger partial charge in [-0.2, -0.15) is 0 Å². The zero-order valence-corrected chi connectivity index (χ0v) is 8.99. The van der Waals surface area contributed by atoms with Crippen molar-refractivity contribution in [1.82, 2.24) is 15.6 Å². The average molecular weight is 207 g/mol. The van der Waals surface area contributed by atoms with Gasteiger partial charge in [0, 0.05) is 25.5 Å². The van der Waals surface area contributed by atoms with E-state index in [-0.39, 0.29) is 5.91 Å². The van der Waals surface area contributed by atoms with Gasteiger partial charge in [0.2, 0.25) is 5.91 Å². The molecule has 0 radical (unpaired) electrons. The summed E-state index contributed by atoms with van der Waals surface area (Å²) < 4.78 is 0. The van der Waals surface area contributed by atoms with Crippen LogP contribution in [0, 0.1) is 0 Å². The Kier molecular flexibility index (Phi) is 5.40. The minimum absolute atomic E-state index is 0.0424. The van der Waals surface area contributed by atoms with Gasteiger partial charge < -0.3 is 10.6 Å². The second-order valence-electron chi connectivity index (χ2n) is 3.31. The highest BCUT2D eigenvalue weighted by Crippen LogP contribution is 1.93. The Hall–Kier alpha value is -1.42. The molecule has 82 valence electrons. The molecular formula is C11H17N3O. The first-order valence-electron chi connectivity index (χ1n) is 5.19. The quantitative estimate of drug-likeness (QED) is 0.722. The third-order valence-corrected chi connectivity index (χ3v) is 1.91. The van der Waals surface area contributed by atoms with Crippen LogP contribution in [-0.2, 0) is 11.3 Å². The van der Waals surface area contributed by atoms with Crippen molar-refractivity contribution in [3.63, 3.8) is 0 Å². The van der Waals surface area contributed by atoms with E-state index in [0.29, 0.717) is 13.1 Å². The summed E-state index contributed by atoms with van der Waals surface area (Å²) in [5.74, 6) is 0.0424. The van der Waals surface area contributed by atoms with Crippen molar-refractivity contribution in [2.75, 3.05) is 13.1 Å². The number of nitrogens with zero attached hydrogens (tertiary/aromatic N) is 1. The summed E-state index contributed by atoms with van der Waals surface area (Å²) in [4.78, 5) is 15.2. The predicted molar refractivity (Wildman–Crippen MR) is 59.2 cm³/mol. The lowest BCUT2D eigenvalue weighted by Crippen LogP contribution is -2.33. The minimum atomic E-state index is 0.0424. The Morgan fingerprint density at radius 3 is 3.07 bits per heavy atom. The van der Waals surface area contributed by atoms with Gasteiger partial charge in [0.05, 0.1) is 6.54 Å². The number of hydrogen-bond acceptors (Lipinski definition) is 3. The standard InChI is InChI=1S/C11H17N3O/c1-2-5-14-11(15)9-13-8-10-4-3-6-12-7-10/h3-4,6-7,13H,2,5,8-9H2,1H3,(H,14,15). The molecule has 1 amide bonds. The Morgan fingerprint density at radius 2 is 2.40 bits per heavy atom. The molecule has 0 aliphatic carbocycles. The van der Waals surface area contributed by atoms with Crippen LogP contribution in [0.4, 0.5) is 0 Å². The number of carbonyl (C=O) groups is 1. The van der Waals surface area contributed by atoms with Crippen LogP contribution in [-0.4, -0.2) is 24.0 Å². The largest absolute Gasteiger partial charge is 0.355 e. The third kappa shape index (κ3) is 5.12. The molecule has 0 fully saturated rings. The van der Waals surface area contributed by atoms with E-state index in [0.717, 1.165) is 18.5 Å². The summed E-state index contributed by atoms with van der Waals surface area (Å²) in [5.41, 5.74) is 1.08. The van der Waals surface area contributed by atoms with Gasteiger partial charge >= 0.3 is 0 Å². The van der Waals surface area contributed by atoms with Gasteiger partial charge in [0.15, 0.2) is 0 Å². The summed E-state index contributed by atoms with van der Waals surface area (Å²) in [6, 6.07) is 3.86. The Bertz CT molecular complexity index is 287. The summed E-state index contributed by atoms with van der Waals surface area (Å²) in [7, 11) is 0. The lowest BCUT2D eigenvalue weighted by Gasteiger charge is -2.05. The molecule has 0 unspecified atom stereocenters. The molecule has 0 aliphatic rings. The van der Waals surface area contributed by atoms with E-state index >= 15 is 0 Å². The van der Waals surface area contributed by atoms with Gasteiger partial charge in [-0.3, -0.25) is 9.78 Å². The lowest BCUT2D eigenvalue weighted by molar-refractivity contribution is -0.120. The van der Waals surface area contributed by atoms with E-state index in [1.807, 2.05) is 19.1 Å². The third-order valence-electron chi connectivity index (χ3n) is 1.91. The Labute approximate surface area is 90.1 Å². The summed E-state index contributed by atoms with van der Waals surface area (Å²) in [6.07, 6.45) is 4.49. The van der Waals surface area contributed by atoms with E-state index in [4.69, 9.17) is 0 Å². The summed E-state index contributed by atoms with van der Waals surface area (Å²) in [6.45, 7) is 3.80. The highest BCUT2D eigenvalue weighted by molar-refractivity contribution is 5.77. The molecule has 15 heavy (non-hydrogen) atoms. The second-order valence-corrected chi connectivity index (χ2v) is 3.31. The number of amides is 1. The van der Waals surface area contributed by atoms with Crippen molar-refractivity contribution >= 4 is 5.91 Å². The van der Waals surface area contributed by atoms with Crippen molar-refractivity contribution in [1.29, 1.82) is 0 Å². The molecule has 0 bridgehead atoms. The topological polar surface area (TPSA) is 54.0 Å². The van der Waals surface area contributed by atoms with Crippen molar-refractivity contribution in [2.45, 2.75) is 19.9 Å². The van der Waals surface area contributed by atoms with E-state index in [9.17, 15) is 4.79 Å². The fourth-order valence-electron chi connectivity index (χ4n) is 1.15. The van der Waals surface area contributed by atoms with Crippen LogP contribution in [0.2, 0.25) is 0 Å². The maximum absolute atomic E-state index is 11.2. The number of pyridine rings is 1. The Morgan fingerprint density at radius 1 is 1.53 bits per heavy atom. The van der Waals surface area contributed by atoms with Crippen LogP contribution in [0.3, 0.4) is 0 Å². The van der Waals surface area contributed by atoms with Crippen LogP contribution >= 0.6 is 0 Å². The molecule has 1 heterocycles. The SMILES string of the molecule is CCCNC(=O)CNCc1cccnc1.